The number of rotatable bonds is 1. The molecule has 7 aromatic rings. The molecule has 0 N–H and O–H groups in total. The molecular weight excluding hydrogens is 542 g/mol. The molecule has 212 valence electrons. The zero-order valence-electron chi connectivity index (χ0n) is 25.4. The van der Waals surface area contributed by atoms with Gasteiger partial charge in [0.15, 0.2) is 0 Å². The number of fused-ring (bicyclic) bond motifs is 14. The number of para-hydroxylation sites is 2. The van der Waals surface area contributed by atoms with E-state index in [4.69, 9.17) is 0 Å². The first-order chi connectivity index (χ1) is 22.1. The second kappa shape index (κ2) is 8.61. The summed E-state index contributed by atoms with van der Waals surface area (Å²) in [6.07, 6.45) is 0. The third-order valence-corrected chi connectivity index (χ3v) is 10.9. The fraction of sp³-hybridized carbons (Fsp3) is 0.0909. The minimum atomic E-state index is -0.397. The Labute approximate surface area is 264 Å². The van der Waals surface area contributed by atoms with Crippen molar-refractivity contribution in [1.82, 2.24) is 0 Å². The Morgan fingerprint density at radius 2 is 0.867 bits per heavy atom. The Hall–Kier alpha value is -5.40. The second-order valence-corrected chi connectivity index (χ2v) is 13.2. The average molecular weight is 574 g/mol. The standard InChI is InChI=1S/C44H31N/c1-43(2)34-20-9-11-23-38(34)45(39-24-12-10-21-35(39)43)40-25-13-22-36-42(40)31-17-6-8-19-33(31)44(36)32-18-7-5-16-30(32)41-29-15-4-3-14-28(29)26-27-37(41)44/h3-27H,1-2H3. The third-order valence-electron chi connectivity index (χ3n) is 10.9. The molecule has 1 heteroatoms. The van der Waals surface area contributed by atoms with Crippen LogP contribution >= 0.6 is 0 Å². The molecule has 1 spiro atoms. The molecule has 1 heterocycles. The minimum Gasteiger partial charge on any atom is -0.309 e. The fourth-order valence-electron chi connectivity index (χ4n) is 9.05. The Balaban J connectivity index is 1.35. The van der Waals surface area contributed by atoms with Gasteiger partial charge < -0.3 is 4.90 Å². The van der Waals surface area contributed by atoms with Crippen LogP contribution in [0.4, 0.5) is 17.1 Å². The molecule has 10 rings (SSSR count). The topological polar surface area (TPSA) is 3.24 Å². The van der Waals surface area contributed by atoms with E-state index in [9.17, 15) is 0 Å². The summed E-state index contributed by atoms with van der Waals surface area (Å²) in [6, 6.07) is 56.9. The maximum atomic E-state index is 2.53. The lowest BCUT2D eigenvalue weighted by Gasteiger charge is -2.42. The first-order valence-corrected chi connectivity index (χ1v) is 16.0. The summed E-state index contributed by atoms with van der Waals surface area (Å²) in [7, 11) is 0. The lowest BCUT2D eigenvalue weighted by molar-refractivity contribution is 0.632. The maximum Gasteiger partial charge on any atom is 0.0726 e. The molecule has 45 heavy (non-hydrogen) atoms. The Kier molecular flexibility index (Phi) is 4.78. The van der Waals surface area contributed by atoms with Crippen molar-refractivity contribution in [2.75, 3.05) is 4.90 Å². The van der Waals surface area contributed by atoms with Crippen LogP contribution in [0.3, 0.4) is 0 Å². The molecule has 0 fully saturated rings. The van der Waals surface area contributed by atoms with E-state index in [1.807, 2.05) is 0 Å². The quantitative estimate of drug-likeness (QED) is 0.189. The van der Waals surface area contributed by atoms with Crippen molar-refractivity contribution in [1.29, 1.82) is 0 Å². The molecule has 1 atom stereocenters. The molecule has 1 nitrogen and oxygen atoms in total. The number of benzene rings is 7. The summed E-state index contributed by atoms with van der Waals surface area (Å²) in [5.41, 5.74) is 16.8. The molecule has 1 unspecified atom stereocenters. The van der Waals surface area contributed by atoms with Gasteiger partial charge in [0.05, 0.1) is 22.5 Å². The lowest BCUT2D eigenvalue weighted by Crippen LogP contribution is -2.31. The van der Waals surface area contributed by atoms with Crippen molar-refractivity contribution < 1.29 is 0 Å². The number of hydrogen-bond donors (Lipinski definition) is 0. The van der Waals surface area contributed by atoms with Gasteiger partial charge in [-0.25, -0.2) is 0 Å². The van der Waals surface area contributed by atoms with E-state index in [-0.39, 0.29) is 5.41 Å². The molecule has 0 saturated carbocycles. The molecule has 0 saturated heterocycles. The van der Waals surface area contributed by atoms with Crippen LogP contribution in [-0.2, 0) is 10.8 Å². The molecule has 0 bridgehead atoms. The predicted octanol–water partition coefficient (Wildman–Crippen LogP) is 11.3. The zero-order valence-corrected chi connectivity index (χ0v) is 25.4. The molecule has 7 aromatic carbocycles. The molecular formula is C44H31N. The molecule has 0 amide bonds. The highest BCUT2D eigenvalue weighted by atomic mass is 15.2. The van der Waals surface area contributed by atoms with E-state index in [0.29, 0.717) is 0 Å². The number of hydrogen-bond acceptors (Lipinski definition) is 1. The lowest BCUT2D eigenvalue weighted by atomic mass is 9.70. The van der Waals surface area contributed by atoms with Crippen molar-refractivity contribution >= 4 is 27.8 Å². The Bertz CT molecular complexity index is 2330. The highest BCUT2D eigenvalue weighted by Crippen LogP contribution is 2.66. The van der Waals surface area contributed by atoms with Crippen LogP contribution in [-0.4, -0.2) is 0 Å². The van der Waals surface area contributed by atoms with Gasteiger partial charge in [0.2, 0.25) is 0 Å². The van der Waals surface area contributed by atoms with Gasteiger partial charge in [-0.1, -0.05) is 147 Å². The van der Waals surface area contributed by atoms with Gasteiger partial charge in [0.1, 0.15) is 0 Å². The van der Waals surface area contributed by atoms with Crippen LogP contribution in [0.15, 0.2) is 152 Å². The van der Waals surface area contributed by atoms with Gasteiger partial charge in [-0.05, 0) is 79.0 Å². The summed E-state index contributed by atoms with van der Waals surface area (Å²) in [5, 5.41) is 2.61. The van der Waals surface area contributed by atoms with Crippen LogP contribution in [0, 0.1) is 0 Å². The summed E-state index contributed by atoms with van der Waals surface area (Å²) >= 11 is 0. The van der Waals surface area contributed by atoms with E-state index in [1.165, 1.54) is 83.5 Å². The highest BCUT2D eigenvalue weighted by Gasteiger charge is 2.53. The minimum absolute atomic E-state index is 0.106. The van der Waals surface area contributed by atoms with Gasteiger partial charge in [-0.3, -0.25) is 0 Å². The van der Waals surface area contributed by atoms with E-state index in [0.717, 1.165) is 0 Å². The summed E-state index contributed by atoms with van der Waals surface area (Å²) in [5.74, 6) is 0. The molecule has 3 aliphatic rings. The second-order valence-electron chi connectivity index (χ2n) is 13.2. The van der Waals surface area contributed by atoms with Crippen molar-refractivity contribution in [3.05, 3.63) is 185 Å². The van der Waals surface area contributed by atoms with Gasteiger partial charge >= 0.3 is 0 Å². The Morgan fingerprint density at radius 1 is 0.378 bits per heavy atom. The van der Waals surface area contributed by atoms with Crippen molar-refractivity contribution in [3.63, 3.8) is 0 Å². The first kappa shape index (κ1) is 25.0. The van der Waals surface area contributed by atoms with Crippen LogP contribution in [0.1, 0.15) is 47.2 Å². The molecule has 1 aliphatic heterocycles. The molecule has 0 aromatic heterocycles. The largest absolute Gasteiger partial charge is 0.309 e. The third kappa shape index (κ3) is 2.94. The first-order valence-electron chi connectivity index (χ1n) is 16.0. The van der Waals surface area contributed by atoms with E-state index in [1.54, 1.807) is 0 Å². The van der Waals surface area contributed by atoms with Crippen LogP contribution < -0.4 is 4.90 Å². The van der Waals surface area contributed by atoms with Crippen LogP contribution in [0.25, 0.3) is 33.0 Å². The summed E-state index contributed by atoms with van der Waals surface area (Å²) in [6.45, 7) is 4.72. The van der Waals surface area contributed by atoms with E-state index in [2.05, 4.69) is 170 Å². The Morgan fingerprint density at radius 3 is 1.56 bits per heavy atom. The smallest absolute Gasteiger partial charge is 0.0726 e. The van der Waals surface area contributed by atoms with Crippen molar-refractivity contribution in [3.8, 4) is 22.3 Å². The van der Waals surface area contributed by atoms with Gasteiger partial charge in [0, 0.05) is 11.0 Å². The van der Waals surface area contributed by atoms with Gasteiger partial charge in [0.25, 0.3) is 0 Å². The van der Waals surface area contributed by atoms with E-state index < -0.39 is 5.41 Å². The normalized spacial score (nSPS) is 17.8. The molecule has 0 radical (unpaired) electrons. The summed E-state index contributed by atoms with van der Waals surface area (Å²) in [4.78, 5) is 2.53. The molecule has 2 aliphatic carbocycles. The fourth-order valence-corrected chi connectivity index (χ4v) is 9.05. The highest BCUT2D eigenvalue weighted by molar-refractivity contribution is 6.08. The average Bonchev–Trinajstić information content (AvgIpc) is 3.57. The van der Waals surface area contributed by atoms with E-state index >= 15 is 0 Å². The number of anilines is 3. The monoisotopic (exact) mass is 573 g/mol. The maximum absolute atomic E-state index is 2.53. The van der Waals surface area contributed by atoms with Crippen molar-refractivity contribution in [2.24, 2.45) is 0 Å². The zero-order chi connectivity index (χ0) is 29.9. The van der Waals surface area contributed by atoms with Crippen LogP contribution in [0.2, 0.25) is 0 Å². The number of nitrogens with zero attached hydrogens (tertiary/aromatic N) is 1. The predicted molar refractivity (Wildman–Crippen MR) is 187 cm³/mol. The van der Waals surface area contributed by atoms with Crippen LogP contribution in [0.5, 0.6) is 0 Å². The SMILES string of the molecule is CC1(C)c2ccccc2N(c2cccc3c2-c2ccccc2C32c3ccccc3-c3c2ccc2ccccc32)c2ccccc21. The van der Waals surface area contributed by atoms with Gasteiger partial charge in [-0.2, -0.15) is 0 Å². The summed E-state index contributed by atoms with van der Waals surface area (Å²) < 4.78 is 0. The van der Waals surface area contributed by atoms with Gasteiger partial charge in [-0.15, -0.1) is 0 Å². The van der Waals surface area contributed by atoms with Crippen molar-refractivity contribution in [2.45, 2.75) is 24.7 Å².